The molecular weight excluding hydrogens is 288 g/mol. The maximum atomic E-state index is 12.2. The number of carbonyl (C=O) groups excluding carboxylic acids is 1. The molecule has 3 rings (SSSR count). The summed E-state index contributed by atoms with van der Waals surface area (Å²) in [6, 6.07) is 12.5. The Morgan fingerprint density at radius 2 is 2.13 bits per heavy atom. The van der Waals surface area contributed by atoms with Gasteiger partial charge in [0.15, 0.2) is 0 Å². The normalized spacial score (nSPS) is 18.7. The summed E-state index contributed by atoms with van der Waals surface area (Å²) in [6.45, 7) is 3.08. The Hall–Kier alpha value is -2.14. The van der Waals surface area contributed by atoms with E-state index >= 15 is 0 Å². The molecule has 1 N–H and O–H groups in total. The first-order valence-electron chi connectivity index (χ1n) is 8.27. The van der Waals surface area contributed by atoms with Gasteiger partial charge in [-0.15, -0.1) is 0 Å². The minimum absolute atomic E-state index is 0.0690. The molecular formula is C18H24N4O. The average Bonchev–Trinajstić information content (AvgIpc) is 3.01. The summed E-state index contributed by atoms with van der Waals surface area (Å²) in [4.78, 5) is 14.7. The maximum Gasteiger partial charge on any atom is 0.272 e. The highest BCUT2D eigenvalue weighted by Gasteiger charge is 2.22. The number of rotatable bonds is 5. The van der Waals surface area contributed by atoms with Gasteiger partial charge in [0.25, 0.3) is 5.91 Å². The topological polar surface area (TPSA) is 50.2 Å². The van der Waals surface area contributed by atoms with Gasteiger partial charge in [0.2, 0.25) is 0 Å². The van der Waals surface area contributed by atoms with Crippen molar-refractivity contribution in [1.29, 1.82) is 0 Å². The molecule has 23 heavy (non-hydrogen) atoms. The summed E-state index contributed by atoms with van der Waals surface area (Å²) in [5.41, 5.74) is 1.86. The van der Waals surface area contributed by atoms with Crippen LogP contribution in [0.5, 0.6) is 0 Å². The van der Waals surface area contributed by atoms with Gasteiger partial charge < -0.3 is 10.2 Å². The van der Waals surface area contributed by atoms with Crippen molar-refractivity contribution in [2.75, 3.05) is 19.6 Å². The summed E-state index contributed by atoms with van der Waals surface area (Å²) in [5.74, 6) is -0.0690. The highest BCUT2D eigenvalue weighted by Crippen LogP contribution is 2.12. The molecule has 1 saturated heterocycles. The van der Waals surface area contributed by atoms with E-state index in [2.05, 4.69) is 39.6 Å². The van der Waals surface area contributed by atoms with Gasteiger partial charge in [0.05, 0.1) is 0 Å². The van der Waals surface area contributed by atoms with Crippen LogP contribution in [0.2, 0.25) is 0 Å². The molecule has 2 heterocycles. The molecule has 0 radical (unpaired) electrons. The van der Waals surface area contributed by atoms with Gasteiger partial charge in [0.1, 0.15) is 5.69 Å². The molecule has 1 atom stereocenters. The Labute approximate surface area is 137 Å². The van der Waals surface area contributed by atoms with Crippen LogP contribution >= 0.6 is 0 Å². The molecule has 1 aliphatic rings. The van der Waals surface area contributed by atoms with Gasteiger partial charge in [0, 0.05) is 32.4 Å². The van der Waals surface area contributed by atoms with Gasteiger partial charge in [-0.25, -0.2) is 0 Å². The SMILES string of the molecule is Cn1ccc(C(=O)NC2CCCN(CCc3ccccc3)C2)n1. The zero-order chi connectivity index (χ0) is 16.1. The lowest BCUT2D eigenvalue weighted by Gasteiger charge is -2.33. The highest BCUT2D eigenvalue weighted by atomic mass is 16.2. The Kier molecular flexibility index (Phi) is 5.08. The van der Waals surface area contributed by atoms with Crippen LogP contribution in [0.25, 0.3) is 0 Å². The smallest absolute Gasteiger partial charge is 0.272 e. The minimum Gasteiger partial charge on any atom is -0.347 e. The molecule has 0 saturated carbocycles. The molecule has 0 aliphatic carbocycles. The van der Waals surface area contributed by atoms with Crippen molar-refractivity contribution in [3.63, 3.8) is 0 Å². The second kappa shape index (κ2) is 7.42. The number of aryl methyl sites for hydroxylation is 1. The van der Waals surface area contributed by atoms with E-state index in [1.165, 1.54) is 5.56 Å². The summed E-state index contributed by atoms with van der Waals surface area (Å²) < 4.78 is 1.65. The van der Waals surface area contributed by atoms with Crippen LogP contribution in [-0.2, 0) is 13.5 Å². The monoisotopic (exact) mass is 312 g/mol. The fraction of sp³-hybridized carbons (Fsp3) is 0.444. The number of likely N-dealkylation sites (tertiary alicyclic amines) is 1. The zero-order valence-electron chi connectivity index (χ0n) is 13.6. The molecule has 1 unspecified atom stereocenters. The number of nitrogens with one attached hydrogen (secondary N) is 1. The number of piperidine rings is 1. The van der Waals surface area contributed by atoms with Crippen LogP contribution in [0.1, 0.15) is 28.9 Å². The molecule has 2 aromatic rings. The molecule has 1 aromatic heterocycles. The predicted octanol–water partition coefficient (Wildman–Crippen LogP) is 1.86. The van der Waals surface area contributed by atoms with Crippen molar-refractivity contribution in [2.45, 2.75) is 25.3 Å². The summed E-state index contributed by atoms with van der Waals surface area (Å²) in [6.07, 6.45) is 5.02. The van der Waals surface area contributed by atoms with Crippen molar-refractivity contribution in [1.82, 2.24) is 20.0 Å². The number of hydrogen-bond donors (Lipinski definition) is 1. The molecule has 122 valence electrons. The van der Waals surface area contributed by atoms with E-state index in [1.807, 2.05) is 13.1 Å². The first-order valence-corrected chi connectivity index (χ1v) is 8.27. The molecule has 0 bridgehead atoms. The van der Waals surface area contributed by atoms with E-state index in [0.29, 0.717) is 5.69 Å². The number of aromatic nitrogens is 2. The number of nitrogens with zero attached hydrogens (tertiary/aromatic N) is 3. The van der Waals surface area contributed by atoms with Crippen LogP contribution < -0.4 is 5.32 Å². The van der Waals surface area contributed by atoms with Crippen LogP contribution in [0, 0.1) is 0 Å². The minimum atomic E-state index is -0.0690. The van der Waals surface area contributed by atoms with Gasteiger partial charge in [-0.3, -0.25) is 9.48 Å². The second-order valence-corrected chi connectivity index (χ2v) is 6.22. The van der Waals surface area contributed by atoms with Gasteiger partial charge in [-0.2, -0.15) is 5.10 Å². The first-order chi connectivity index (χ1) is 11.2. The Morgan fingerprint density at radius 3 is 2.87 bits per heavy atom. The van der Waals surface area contributed by atoms with E-state index in [9.17, 15) is 4.79 Å². The van der Waals surface area contributed by atoms with E-state index in [-0.39, 0.29) is 11.9 Å². The summed E-state index contributed by atoms with van der Waals surface area (Å²) >= 11 is 0. The lowest BCUT2D eigenvalue weighted by molar-refractivity contribution is 0.0898. The average molecular weight is 312 g/mol. The Bertz CT molecular complexity index is 637. The Morgan fingerprint density at radius 1 is 1.30 bits per heavy atom. The van der Waals surface area contributed by atoms with Crippen molar-refractivity contribution >= 4 is 5.91 Å². The largest absolute Gasteiger partial charge is 0.347 e. The van der Waals surface area contributed by atoms with E-state index in [0.717, 1.165) is 38.9 Å². The molecule has 0 spiro atoms. The molecule has 5 nitrogen and oxygen atoms in total. The highest BCUT2D eigenvalue weighted by molar-refractivity contribution is 5.92. The van der Waals surface area contributed by atoms with Crippen molar-refractivity contribution in [3.05, 3.63) is 53.9 Å². The molecule has 1 aromatic carbocycles. The zero-order valence-corrected chi connectivity index (χ0v) is 13.6. The maximum absolute atomic E-state index is 12.2. The number of hydrogen-bond acceptors (Lipinski definition) is 3. The predicted molar refractivity (Wildman–Crippen MR) is 90.3 cm³/mol. The van der Waals surface area contributed by atoms with Crippen molar-refractivity contribution in [3.8, 4) is 0 Å². The van der Waals surface area contributed by atoms with Crippen LogP contribution in [-0.4, -0.2) is 46.3 Å². The molecule has 5 heteroatoms. The summed E-state index contributed by atoms with van der Waals surface area (Å²) in [5, 5.41) is 7.28. The third-order valence-electron chi connectivity index (χ3n) is 4.35. The summed E-state index contributed by atoms with van der Waals surface area (Å²) in [7, 11) is 1.82. The fourth-order valence-electron chi connectivity index (χ4n) is 3.10. The number of benzene rings is 1. The van der Waals surface area contributed by atoms with Crippen LogP contribution in [0.15, 0.2) is 42.6 Å². The van der Waals surface area contributed by atoms with Crippen LogP contribution in [0.4, 0.5) is 0 Å². The number of amides is 1. The van der Waals surface area contributed by atoms with E-state index < -0.39 is 0 Å². The van der Waals surface area contributed by atoms with E-state index in [4.69, 9.17) is 0 Å². The van der Waals surface area contributed by atoms with Gasteiger partial charge in [-0.1, -0.05) is 30.3 Å². The van der Waals surface area contributed by atoms with Crippen molar-refractivity contribution < 1.29 is 4.79 Å². The molecule has 1 fully saturated rings. The third-order valence-corrected chi connectivity index (χ3v) is 4.35. The quantitative estimate of drug-likeness (QED) is 0.917. The lowest BCUT2D eigenvalue weighted by atomic mass is 10.0. The van der Waals surface area contributed by atoms with Crippen LogP contribution in [0.3, 0.4) is 0 Å². The van der Waals surface area contributed by atoms with Gasteiger partial charge >= 0.3 is 0 Å². The molecule has 1 aliphatic heterocycles. The standard InChI is InChI=1S/C18H24N4O/c1-21-12-10-17(20-21)18(23)19-16-8-5-11-22(14-16)13-9-15-6-3-2-4-7-15/h2-4,6-7,10,12,16H,5,8-9,11,13-14H2,1H3,(H,19,23). The third kappa shape index (κ3) is 4.42. The molecule has 1 amide bonds. The Balaban J connectivity index is 1.49. The van der Waals surface area contributed by atoms with E-state index in [1.54, 1.807) is 16.9 Å². The lowest BCUT2D eigenvalue weighted by Crippen LogP contribution is -2.48. The van der Waals surface area contributed by atoms with Crippen molar-refractivity contribution in [2.24, 2.45) is 7.05 Å². The first kappa shape index (κ1) is 15.7. The fourth-order valence-corrected chi connectivity index (χ4v) is 3.10. The van der Waals surface area contributed by atoms with Gasteiger partial charge in [-0.05, 0) is 37.4 Å². The second-order valence-electron chi connectivity index (χ2n) is 6.22. The number of carbonyl (C=O) groups is 1.